The van der Waals surface area contributed by atoms with E-state index in [1.165, 1.54) is 0 Å². The maximum atomic E-state index is 10.4. The Hall–Kier alpha value is -0.740. The van der Waals surface area contributed by atoms with Crippen molar-refractivity contribution < 1.29 is 33.5 Å². The minimum Gasteiger partial charge on any atom is -0.507 e. The van der Waals surface area contributed by atoms with Crippen molar-refractivity contribution in [2.24, 2.45) is 0 Å². The number of halogens is 1. The van der Waals surface area contributed by atoms with Crippen molar-refractivity contribution >= 4 is 15.9 Å². The number of fused-ring (bicyclic) bond motifs is 2. The number of benzene rings is 1. The van der Waals surface area contributed by atoms with E-state index in [-0.39, 0.29) is 5.75 Å². The third kappa shape index (κ3) is 8.77. The Morgan fingerprint density at radius 1 is 0.577 bits per heavy atom. The molecule has 1 heterocycles. The molecule has 1 N–H and O–H groups in total. The maximum absolute atomic E-state index is 10.4. The molecular formula is C18H27BrO7. The number of phenolic OH excluding ortho intramolecular Hbond substituents is 1. The maximum Gasteiger partial charge on any atom is 0.126 e. The molecule has 0 radical (unpaired) electrons. The molecule has 2 rings (SSSR count). The first kappa shape index (κ1) is 21.6. The molecule has 0 saturated heterocycles. The largest absolute Gasteiger partial charge is 0.507 e. The van der Waals surface area contributed by atoms with E-state index in [1.807, 2.05) is 12.1 Å². The van der Waals surface area contributed by atoms with Crippen molar-refractivity contribution in [3.05, 3.63) is 27.7 Å². The van der Waals surface area contributed by atoms with E-state index >= 15 is 0 Å². The van der Waals surface area contributed by atoms with Crippen LogP contribution >= 0.6 is 15.9 Å². The minimum absolute atomic E-state index is 0.197. The second kappa shape index (κ2) is 13.4. The Labute approximate surface area is 162 Å². The van der Waals surface area contributed by atoms with Gasteiger partial charge in [0.1, 0.15) is 5.75 Å². The van der Waals surface area contributed by atoms with Crippen molar-refractivity contribution in [2.75, 3.05) is 66.1 Å². The van der Waals surface area contributed by atoms with Gasteiger partial charge in [0.15, 0.2) is 0 Å². The third-order valence-corrected chi connectivity index (χ3v) is 4.07. The molecule has 0 amide bonds. The molecule has 0 aromatic heterocycles. The number of aromatic hydroxyl groups is 1. The van der Waals surface area contributed by atoms with Crippen LogP contribution in [0.2, 0.25) is 0 Å². The monoisotopic (exact) mass is 434 g/mol. The van der Waals surface area contributed by atoms with Gasteiger partial charge in [0.25, 0.3) is 0 Å². The first-order chi connectivity index (χ1) is 12.8. The normalized spacial score (nSPS) is 20.2. The van der Waals surface area contributed by atoms with Crippen molar-refractivity contribution in [3.63, 3.8) is 0 Å². The summed E-state index contributed by atoms with van der Waals surface area (Å²) in [5.41, 5.74) is 1.42. The highest BCUT2D eigenvalue weighted by molar-refractivity contribution is 9.10. The van der Waals surface area contributed by atoms with Gasteiger partial charge in [0.05, 0.1) is 79.3 Å². The smallest absolute Gasteiger partial charge is 0.126 e. The zero-order chi connectivity index (χ0) is 18.5. The average Bonchev–Trinajstić information content (AvgIpc) is 2.63. The molecule has 7 nitrogen and oxygen atoms in total. The van der Waals surface area contributed by atoms with Crippen LogP contribution < -0.4 is 0 Å². The molecule has 8 heteroatoms. The number of hydrogen-bond donors (Lipinski definition) is 1. The van der Waals surface area contributed by atoms with E-state index in [0.717, 1.165) is 4.47 Å². The van der Waals surface area contributed by atoms with E-state index in [9.17, 15) is 5.11 Å². The van der Waals surface area contributed by atoms with E-state index < -0.39 is 0 Å². The van der Waals surface area contributed by atoms with Gasteiger partial charge in [-0.05, 0) is 12.1 Å². The molecule has 148 valence electrons. The number of phenols is 1. The molecule has 0 aliphatic carbocycles. The van der Waals surface area contributed by atoms with Gasteiger partial charge < -0.3 is 33.5 Å². The summed E-state index contributed by atoms with van der Waals surface area (Å²) in [6, 6.07) is 3.68. The number of hydrogen-bond acceptors (Lipinski definition) is 7. The second-order valence-corrected chi connectivity index (χ2v) is 6.54. The second-order valence-electron chi connectivity index (χ2n) is 5.63. The van der Waals surface area contributed by atoms with Gasteiger partial charge in [0.2, 0.25) is 0 Å². The molecule has 26 heavy (non-hydrogen) atoms. The van der Waals surface area contributed by atoms with Crippen LogP contribution in [-0.2, 0) is 41.6 Å². The Balaban J connectivity index is 1.85. The minimum atomic E-state index is 0.197. The zero-order valence-electron chi connectivity index (χ0n) is 14.9. The molecule has 1 aromatic carbocycles. The quantitative estimate of drug-likeness (QED) is 0.670. The molecule has 2 bridgehead atoms. The van der Waals surface area contributed by atoms with Crippen LogP contribution in [0.4, 0.5) is 0 Å². The molecule has 1 aliphatic heterocycles. The van der Waals surface area contributed by atoms with Crippen LogP contribution in [0.1, 0.15) is 11.1 Å². The van der Waals surface area contributed by atoms with E-state index in [1.54, 1.807) is 0 Å². The topological polar surface area (TPSA) is 75.6 Å². The number of rotatable bonds is 0. The Morgan fingerprint density at radius 2 is 0.885 bits per heavy atom. The highest BCUT2D eigenvalue weighted by Crippen LogP contribution is 2.28. The third-order valence-electron chi connectivity index (χ3n) is 3.61. The van der Waals surface area contributed by atoms with E-state index in [4.69, 9.17) is 28.4 Å². The van der Waals surface area contributed by atoms with Crippen molar-refractivity contribution in [1.29, 1.82) is 0 Å². The molecule has 0 unspecified atom stereocenters. The Bertz CT molecular complexity index is 471. The standard InChI is InChI=1S/C18H27BrO7/c19-17-11-15-13-25-9-7-23-5-3-21-1-2-22-4-6-24-8-10-26-14-16(12-17)18(15)20/h11-12,20H,1-10,13-14H2. The predicted octanol–water partition coefficient (Wildman–Crippen LogP) is 2.27. The lowest BCUT2D eigenvalue weighted by Crippen LogP contribution is -2.13. The fourth-order valence-corrected chi connectivity index (χ4v) is 2.85. The van der Waals surface area contributed by atoms with E-state index in [2.05, 4.69) is 15.9 Å². The van der Waals surface area contributed by atoms with Crippen LogP contribution in [0.15, 0.2) is 16.6 Å². The van der Waals surface area contributed by atoms with Crippen LogP contribution in [0.5, 0.6) is 5.75 Å². The molecule has 0 atom stereocenters. The highest BCUT2D eigenvalue weighted by Gasteiger charge is 2.10. The first-order valence-corrected chi connectivity index (χ1v) is 9.53. The Morgan fingerprint density at radius 3 is 1.23 bits per heavy atom. The van der Waals surface area contributed by atoms with Gasteiger partial charge in [-0.3, -0.25) is 0 Å². The van der Waals surface area contributed by atoms with Gasteiger partial charge in [0, 0.05) is 15.6 Å². The lowest BCUT2D eigenvalue weighted by Gasteiger charge is -2.12. The Kier molecular flexibility index (Phi) is 11.1. The van der Waals surface area contributed by atoms with Crippen LogP contribution in [0, 0.1) is 0 Å². The van der Waals surface area contributed by atoms with Crippen molar-refractivity contribution in [2.45, 2.75) is 13.2 Å². The SMILES string of the molecule is Oc1c2cc(Br)cc1COCCOCCOCCOCCOCCOC2. The summed E-state index contributed by atoms with van der Waals surface area (Å²) in [7, 11) is 0. The summed E-state index contributed by atoms with van der Waals surface area (Å²) in [5.74, 6) is 0.197. The molecule has 0 fully saturated rings. The first-order valence-electron chi connectivity index (χ1n) is 8.74. The summed E-state index contributed by atoms with van der Waals surface area (Å²) >= 11 is 3.46. The number of ether oxygens (including phenoxy) is 6. The van der Waals surface area contributed by atoms with Crippen LogP contribution in [0.3, 0.4) is 0 Å². The highest BCUT2D eigenvalue weighted by atomic mass is 79.9. The summed E-state index contributed by atoms with van der Waals surface area (Å²) < 4.78 is 33.7. The van der Waals surface area contributed by atoms with Gasteiger partial charge >= 0.3 is 0 Å². The molecular weight excluding hydrogens is 408 g/mol. The fraction of sp³-hybridized carbons (Fsp3) is 0.667. The lowest BCUT2D eigenvalue weighted by atomic mass is 10.1. The van der Waals surface area contributed by atoms with Crippen molar-refractivity contribution in [1.82, 2.24) is 0 Å². The predicted molar refractivity (Wildman–Crippen MR) is 98.4 cm³/mol. The van der Waals surface area contributed by atoms with Crippen LogP contribution in [-0.4, -0.2) is 71.2 Å². The van der Waals surface area contributed by atoms with Crippen LogP contribution in [0.25, 0.3) is 0 Å². The molecule has 0 spiro atoms. The van der Waals surface area contributed by atoms with E-state index in [0.29, 0.717) is 90.4 Å². The summed E-state index contributed by atoms with van der Waals surface area (Å²) in [4.78, 5) is 0. The lowest BCUT2D eigenvalue weighted by molar-refractivity contribution is -0.0181. The molecule has 0 saturated carbocycles. The van der Waals surface area contributed by atoms with Gasteiger partial charge in [-0.2, -0.15) is 0 Å². The molecule has 1 aromatic rings. The van der Waals surface area contributed by atoms with Gasteiger partial charge in [-0.15, -0.1) is 0 Å². The summed E-state index contributed by atoms with van der Waals surface area (Å²) in [5, 5.41) is 10.4. The van der Waals surface area contributed by atoms with Gasteiger partial charge in [-0.1, -0.05) is 15.9 Å². The summed E-state index contributed by atoms with van der Waals surface area (Å²) in [6.07, 6.45) is 0. The van der Waals surface area contributed by atoms with Crippen molar-refractivity contribution in [3.8, 4) is 5.75 Å². The summed E-state index contributed by atoms with van der Waals surface area (Å²) in [6.45, 7) is 5.57. The molecule has 1 aliphatic rings. The fourth-order valence-electron chi connectivity index (χ4n) is 2.30. The average molecular weight is 435 g/mol. The van der Waals surface area contributed by atoms with Gasteiger partial charge in [-0.25, -0.2) is 0 Å². The zero-order valence-corrected chi connectivity index (χ0v) is 16.5.